The van der Waals surface area contributed by atoms with Crippen molar-refractivity contribution in [2.24, 2.45) is 0 Å². The summed E-state index contributed by atoms with van der Waals surface area (Å²) in [6.07, 6.45) is 1.73. The minimum absolute atomic E-state index is 0.176. The fourth-order valence-corrected chi connectivity index (χ4v) is 2.54. The van der Waals surface area contributed by atoms with Gasteiger partial charge < -0.3 is 10.1 Å². The van der Waals surface area contributed by atoms with Gasteiger partial charge in [0.25, 0.3) is 5.91 Å². The van der Waals surface area contributed by atoms with E-state index < -0.39 is 17.5 Å². The number of ether oxygens (including phenoxy) is 1. The van der Waals surface area contributed by atoms with Gasteiger partial charge in [0.15, 0.2) is 11.6 Å². The minimum atomic E-state index is -1.02. The molecule has 136 valence electrons. The molecule has 3 aromatic carbocycles. The number of methoxy groups -OCH3 is 1. The van der Waals surface area contributed by atoms with Gasteiger partial charge in [-0.3, -0.25) is 4.79 Å². The van der Waals surface area contributed by atoms with Gasteiger partial charge in [-0.2, -0.15) is 0 Å². The Labute approximate surface area is 155 Å². The topological polar surface area (TPSA) is 38.3 Å². The van der Waals surface area contributed by atoms with E-state index in [0.717, 1.165) is 17.7 Å². The second kappa shape index (κ2) is 8.27. The molecule has 0 unspecified atom stereocenters. The van der Waals surface area contributed by atoms with E-state index in [0.29, 0.717) is 16.9 Å². The number of hydrogen-bond acceptors (Lipinski definition) is 2. The van der Waals surface area contributed by atoms with Gasteiger partial charge in [-0.1, -0.05) is 42.5 Å². The van der Waals surface area contributed by atoms with E-state index in [4.69, 9.17) is 4.74 Å². The third-order valence-corrected chi connectivity index (χ3v) is 3.93. The molecule has 0 atom stereocenters. The monoisotopic (exact) mass is 365 g/mol. The number of anilines is 1. The maximum atomic E-state index is 13.4. The van der Waals surface area contributed by atoms with Crippen LogP contribution in [0.3, 0.4) is 0 Å². The first-order valence-corrected chi connectivity index (χ1v) is 8.24. The second-order valence-corrected chi connectivity index (χ2v) is 5.78. The molecule has 0 spiro atoms. The molecule has 3 rings (SSSR count). The fraction of sp³-hybridized carbons (Fsp3) is 0.0455. The largest absolute Gasteiger partial charge is 0.497 e. The highest BCUT2D eigenvalue weighted by Gasteiger charge is 2.13. The van der Waals surface area contributed by atoms with Crippen LogP contribution >= 0.6 is 0 Å². The zero-order valence-corrected chi connectivity index (χ0v) is 14.6. The summed E-state index contributed by atoms with van der Waals surface area (Å²) in [6, 6.07) is 19.6. The smallest absolute Gasteiger partial charge is 0.256 e. The molecule has 1 amide bonds. The van der Waals surface area contributed by atoms with Crippen LogP contribution < -0.4 is 10.1 Å². The summed E-state index contributed by atoms with van der Waals surface area (Å²) in [7, 11) is 1.58. The highest BCUT2D eigenvalue weighted by Crippen LogP contribution is 2.22. The average Bonchev–Trinajstić information content (AvgIpc) is 2.70. The van der Waals surface area contributed by atoms with Crippen molar-refractivity contribution in [1.82, 2.24) is 0 Å². The number of benzene rings is 3. The summed E-state index contributed by atoms with van der Waals surface area (Å²) in [5.41, 5.74) is 2.07. The Kier molecular flexibility index (Phi) is 5.61. The van der Waals surface area contributed by atoms with Crippen LogP contribution in [-0.4, -0.2) is 13.0 Å². The molecule has 0 saturated heterocycles. The van der Waals surface area contributed by atoms with E-state index in [1.165, 1.54) is 6.07 Å². The van der Waals surface area contributed by atoms with Crippen LogP contribution in [0.5, 0.6) is 5.75 Å². The van der Waals surface area contributed by atoms with Gasteiger partial charge in [-0.15, -0.1) is 0 Å². The molecule has 0 heterocycles. The Balaban J connectivity index is 1.94. The lowest BCUT2D eigenvalue weighted by Crippen LogP contribution is -2.14. The Hall–Kier alpha value is -3.47. The molecule has 0 aliphatic carbocycles. The molecule has 1 N–H and O–H groups in total. The number of carbonyl (C=O) groups is 1. The van der Waals surface area contributed by atoms with E-state index in [-0.39, 0.29) is 5.69 Å². The van der Waals surface area contributed by atoms with Crippen molar-refractivity contribution >= 4 is 23.2 Å². The zero-order valence-electron chi connectivity index (χ0n) is 14.6. The summed E-state index contributed by atoms with van der Waals surface area (Å²) >= 11 is 0. The maximum Gasteiger partial charge on any atom is 0.256 e. The van der Waals surface area contributed by atoms with Crippen molar-refractivity contribution < 1.29 is 18.3 Å². The van der Waals surface area contributed by atoms with Crippen LogP contribution in [0.1, 0.15) is 11.1 Å². The number of carbonyl (C=O) groups excluding carboxylic acids is 1. The van der Waals surface area contributed by atoms with Crippen LogP contribution in [-0.2, 0) is 4.79 Å². The molecular weight excluding hydrogens is 348 g/mol. The Morgan fingerprint density at radius 2 is 1.63 bits per heavy atom. The van der Waals surface area contributed by atoms with E-state index in [2.05, 4.69) is 5.32 Å². The number of rotatable bonds is 5. The van der Waals surface area contributed by atoms with Crippen molar-refractivity contribution in [2.75, 3.05) is 12.4 Å². The van der Waals surface area contributed by atoms with E-state index in [1.807, 2.05) is 30.3 Å². The molecule has 0 saturated carbocycles. The molecule has 3 nitrogen and oxygen atoms in total. The van der Waals surface area contributed by atoms with Crippen molar-refractivity contribution in [3.8, 4) is 5.75 Å². The SMILES string of the molecule is COc1ccc(/C=C(/C(=O)Nc2ccc(F)c(F)c2)c2ccccc2)cc1. The first-order chi connectivity index (χ1) is 13.1. The summed E-state index contributed by atoms with van der Waals surface area (Å²) in [5, 5.41) is 2.61. The molecule has 3 aromatic rings. The third kappa shape index (κ3) is 4.58. The normalized spacial score (nSPS) is 11.1. The molecule has 0 aliphatic rings. The highest BCUT2D eigenvalue weighted by atomic mass is 19.2. The summed E-state index contributed by atoms with van der Waals surface area (Å²) in [4.78, 5) is 12.8. The predicted octanol–water partition coefficient (Wildman–Crippen LogP) is 5.15. The van der Waals surface area contributed by atoms with E-state index in [9.17, 15) is 13.6 Å². The highest BCUT2D eigenvalue weighted by molar-refractivity contribution is 6.29. The number of halogens is 2. The van der Waals surface area contributed by atoms with Crippen molar-refractivity contribution in [2.45, 2.75) is 0 Å². The minimum Gasteiger partial charge on any atom is -0.497 e. The van der Waals surface area contributed by atoms with Crippen LogP contribution in [0.15, 0.2) is 72.8 Å². The standard InChI is InChI=1S/C22H17F2NO2/c1-27-18-10-7-15(8-11-18)13-19(16-5-3-2-4-6-16)22(26)25-17-9-12-20(23)21(24)14-17/h2-14H,1H3,(H,25,26)/b19-13+. The lowest BCUT2D eigenvalue weighted by molar-refractivity contribution is -0.111. The van der Waals surface area contributed by atoms with E-state index >= 15 is 0 Å². The molecule has 0 radical (unpaired) electrons. The zero-order chi connectivity index (χ0) is 19.2. The van der Waals surface area contributed by atoms with Crippen LogP contribution in [0.4, 0.5) is 14.5 Å². The average molecular weight is 365 g/mol. The molecule has 0 fully saturated rings. The molecule has 0 aliphatic heterocycles. The first-order valence-electron chi connectivity index (χ1n) is 8.24. The van der Waals surface area contributed by atoms with Crippen molar-refractivity contribution in [1.29, 1.82) is 0 Å². The van der Waals surface area contributed by atoms with Crippen molar-refractivity contribution in [3.05, 3.63) is 95.6 Å². The van der Waals surface area contributed by atoms with Crippen LogP contribution in [0.25, 0.3) is 11.6 Å². The van der Waals surface area contributed by atoms with Gasteiger partial charge in [-0.05, 0) is 41.5 Å². The molecule has 27 heavy (non-hydrogen) atoms. The van der Waals surface area contributed by atoms with Crippen LogP contribution in [0, 0.1) is 11.6 Å². The molecule has 0 aromatic heterocycles. The Morgan fingerprint density at radius 1 is 0.926 bits per heavy atom. The first kappa shape index (κ1) is 18.3. The summed E-state index contributed by atoms with van der Waals surface area (Å²) in [6.45, 7) is 0. The van der Waals surface area contributed by atoms with Crippen molar-refractivity contribution in [3.63, 3.8) is 0 Å². The lowest BCUT2D eigenvalue weighted by atomic mass is 10.0. The molecule has 5 heteroatoms. The van der Waals surface area contributed by atoms with Gasteiger partial charge in [-0.25, -0.2) is 8.78 Å². The second-order valence-electron chi connectivity index (χ2n) is 5.78. The third-order valence-electron chi connectivity index (χ3n) is 3.93. The quantitative estimate of drug-likeness (QED) is 0.501. The summed E-state index contributed by atoms with van der Waals surface area (Å²) in [5.74, 6) is -1.71. The van der Waals surface area contributed by atoms with Gasteiger partial charge in [0, 0.05) is 17.3 Å². The van der Waals surface area contributed by atoms with Gasteiger partial charge >= 0.3 is 0 Å². The Bertz CT molecular complexity index is 967. The number of amides is 1. The Morgan fingerprint density at radius 3 is 2.26 bits per heavy atom. The van der Waals surface area contributed by atoms with Gasteiger partial charge in [0.1, 0.15) is 5.75 Å². The maximum absolute atomic E-state index is 13.4. The van der Waals surface area contributed by atoms with Gasteiger partial charge in [0.2, 0.25) is 0 Å². The number of nitrogens with one attached hydrogen (secondary N) is 1. The predicted molar refractivity (Wildman–Crippen MR) is 102 cm³/mol. The molecule has 0 bridgehead atoms. The van der Waals surface area contributed by atoms with Gasteiger partial charge in [0.05, 0.1) is 7.11 Å². The number of hydrogen-bond donors (Lipinski definition) is 1. The van der Waals surface area contributed by atoms with E-state index in [1.54, 1.807) is 37.5 Å². The summed E-state index contributed by atoms with van der Waals surface area (Å²) < 4.78 is 31.7. The lowest BCUT2D eigenvalue weighted by Gasteiger charge is -2.10. The fourth-order valence-electron chi connectivity index (χ4n) is 2.54. The van der Waals surface area contributed by atoms with Crippen LogP contribution in [0.2, 0.25) is 0 Å². The molecular formula is C22H17F2NO2.